The fourth-order valence-electron chi connectivity index (χ4n) is 1.99. The van der Waals surface area contributed by atoms with Gasteiger partial charge < -0.3 is 5.73 Å². The Kier molecular flexibility index (Phi) is 2.72. The van der Waals surface area contributed by atoms with E-state index in [2.05, 4.69) is 13.8 Å². The topological polar surface area (TPSA) is 26.0 Å². The first-order chi connectivity index (χ1) is 4.68. The number of hydrogen-bond donors (Lipinski definition) is 1. The van der Waals surface area contributed by atoms with Gasteiger partial charge in [0.05, 0.1) is 0 Å². The van der Waals surface area contributed by atoms with Crippen LogP contribution < -0.4 is 5.73 Å². The van der Waals surface area contributed by atoms with Crippen LogP contribution in [0.15, 0.2) is 0 Å². The van der Waals surface area contributed by atoms with E-state index in [0.29, 0.717) is 6.04 Å². The Hall–Kier alpha value is -0.0400. The summed E-state index contributed by atoms with van der Waals surface area (Å²) in [5, 5.41) is 0. The highest BCUT2D eigenvalue weighted by Crippen LogP contribution is 2.29. The van der Waals surface area contributed by atoms with Gasteiger partial charge in [0.2, 0.25) is 0 Å². The summed E-state index contributed by atoms with van der Waals surface area (Å²) in [6, 6.07) is 0.517. The lowest BCUT2D eigenvalue weighted by atomic mass is 9.96. The maximum absolute atomic E-state index is 5.80. The van der Waals surface area contributed by atoms with Gasteiger partial charge in [-0.05, 0) is 37.5 Å². The summed E-state index contributed by atoms with van der Waals surface area (Å²) < 4.78 is 0. The van der Waals surface area contributed by atoms with Crippen molar-refractivity contribution in [1.82, 2.24) is 0 Å². The molecule has 0 aromatic carbocycles. The Labute approximate surface area is 64.0 Å². The van der Waals surface area contributed by atoms with E-state index in [0.717, 1.165) is 11.8 Å². The lowest BCUT2D eigenvalue weighted by Crippen LogP contribution is -2.15. The quantitative estimate of drug-likeness (QED) is 0.626. The summed E-state index contributed by atoms with van der Waals surface area (Å²) in [6.07, 6.45) is 5.29. The molecular weight excluding hydrogens is 122 g/mol. The van der Waals surface area contributed by atoms with Gasteiger partial charge in [0.15, 0.2) is 0 Å². The average Bonchev–Trinajstić information content (AvgIpc) is 2.13. The van der Waals surface area contributed by atoms with Crippen LogP contribution in [0.3, 0.4) is 0 Å². The molecule has 60 valence electrons. The summed E-state index contributed by atoms with van der Waals surface area (Å²) in [4.78, 5) is 0. The molecule has 2 unspecified atom stereocenters. The molecule has 0 amide bonds. The zero-order valence-electron chi connectivity index (χ0n) is 7.14. The number of hydrogen-bond acceptors (Lipinski definition) is 1. The third-order valence-electron chi connectivity index (χ3n) is 2.39. The molecule has 2 N–H and O–H groups in total. The average molecular weight is 141 g/mol. The second-order valence-electron chi connectivity index (χ2n) is 4.07. The molecule has 0 bridgehead atoms. The Balaban J connectivity index is 2.18. The van der Waals surface area contributed by atoms with Crippen LogP contribution in [0.1, 0.15) is 39.5 Å². The molecule has 0 radical (unpaired) electrons. The normalized spacial score (nSPS) is 33.6. The van der Waals surface area contributed by atoms with Gasteiger partial charge in [0, 0.05) is 6.04 Å². The van der Waals surface area contributed by atoms with Crippen LogP contribution in [-0.4, -0.2) is 6.04 Å². The first-order valence-electron chi connectivity index (χ1n) is 4.44. The monoisotopic (exact) mass is 141 g/mol. The van der Waals surface area contributed by atoms with Crippen LogP contribution >= 0.6 is 0 Å². The molecule has 0 heterocycles. The van der Waals surface area contributed by atoms with E-state index in [1.807, 2.05) is 0 Å². The predicted molar refractivity (Wildman–Crippen MR) is 44.8 cm³/mol. The van der Waals surface area contributed by atoms with Gasteiger partial charge in [-0.15, -0.1) is 0 Å². The van der Waals surface area contributed by atoms with E-state index in [4.69, 9.17) is 5.73 Å². The van der Waals surface area contributed by atoms with E-state index >= 15 is 0 Å². The third kappa shape index (κ3) is 2.30. The molecule has 0 aromatic heterocycles. The molecule has 1 aliphatic rings. The fourth-order valence-corrected chi connectivity index (χ4v) is 1.99. The lowest BCUT2D eigenvalue weighted by Gasteiger charge is -2.11. The summed E-state index contributed by atoms with van der Waals surface area (Å²) in [5.41, 5.74) is 5.80. The van der Waals surface area contributed by atoms with Gasteiger partial charge in [0.1, 0.15) is 0 Å². The highest BCUT2D eigenvalue weighted by Gasteiger charge is 2.21. The van der Waals surface area contributed by atoms with Crippen LogP contribution in [0.25, 0.3) is 0 Å². The van der Waals surface area contributed by atoms with Gasteiger partial charge in [-0.1, -0.05) is 13.8 Å². The predicted octanol–water partition coefficient (Wildman–Crippen LogP) is 2.16. The molecule has 0 aliphatic heterocycles. The molecule has 1 heteroatoms. The minimum atomic E-state index is 0.517. The van der Waals surface area contributed by atoms with Crippen molar-refractivity contribution in [3.63, 3.8) is 0 Å². The smallest absolute Gasteiger partial charge is 0.00415 e. The molecule has 1 rings (SSSR count). The molecule has 2 atom stereocenters. The van der Waals surface area contributed by atoms with Crippen molar-refractivity contribution >= 4 is 0 Å². The first kappa shape index (κ1) is 8.06. The van der Waals surface area contributed by atoms with E-state index in [9.17, 15) is 0 Å². The van der Waals surface area contributed by atoms with Crippen LogP contribution in [0, 0.1) is 11.8 Å². The number of rotatable bonds is 2. The summed E-state index contributed by atoms with van der Waals surface area (Å²) >= 11 is 0. The Morgan fingerprint density at radius 1 is 1.40 bits per heavy atom. The van der Waals surface area contributed by atoms with Crippen molar-refractivity contribution in [3.8, 4) is 0 Å². The van der Waals surface area contributed by atoms with Crippen molar-refractivity contribution in [1.29, 1.82) is 0 Å². The molecule has 0 spiro atoms. The maximum Gasteiger partial charge on any atom is 0.00415 e. The number of nitrogens with two attached hydrogens (primary N) is 1. The summed E-state index contributed by atoms with van der Waals surface area (Å²) in [6.45, 7) is 4.59. The SMILES string of the molecule is CC(C)CC1CCC(N)C1. The molecule has 10 heavy (non-hydrogen) atoms. The van der Waals surface area contributed by atoms with E-state index < -0.39 is 0 Å². The maximum atomic E-state index is 5.80. The van der Waals surface area contributed by atoms with E-state index in [-0.39, 0.29) is 0 Å². The van der Waals surface area contributed by atoms with Crippen LogP contribution in [0.2, 0.25) is 0 Å². The van der Waals surface area contributed by atoms with Crippen LogP contribution in [0.4, 0.5) is 0 Å². The molecular formula is C9H19N. The van der Waals surface area contributed by atoms with Gasteiger partial charge >= 0.3 is 0 Å². The Morgan fingerprint density at radius 2 is 2.10 bits per heavy atom. The van der Waals surface area contributed by atoms with Gasteiger partial charge in [-0.25, -0.2) is 0 Å². The van der Waals surface area contributed by atoms with E-state index in [1.165, 1.54) is 25.7 Å². The largest absolute Gasteiger partial charge is 0.328 e. The van der Waals surface area contributed by atoms with Crippen molar-refractivity contribution in [2.45, 2.75) is 45.6 Å². The zero-order chi connectivity index (χ0) is 7.56. The molecule has 1 fully saturated rings. The Bertz CT molecular complexity index is 98.9. The van der Waals surface area contributed by atoms with E-state index in [1.54, 1.807) is 0 Å². The molecule has 0 aromatic rings. The zero-order valence-corrected chi connectivity index (χ0v) is 7.14. The molecule has 1 nitrogen and oxygen atoms in total. The third-order valence-corrected chi connectivity index (χ3v) is 2.39. The first-order valence-corrected chi connectivity index (χ1v) is 4.44. The second-order valence-corrected chi connectivity index (χ2v) is 4.07. The lowest BCUT2D eigenvalue weighted by molar-refractivity contribution is 0.415. The molecule has 0 saturated heterocycles. The highest BCUT2D eigenvalue weighted by molar-refractivity contribution is 4.78. The molecule has 1 saturated carbocycles. The minimum absolute atomic E-state index is 0.517. The van der Waals surface area contributed by atoms with Crippen molar-refractivity contribution in [3.05, 3.63) is 0 Å². The van der Waals surface area contributed by atoms with Crippen LogP contribution in [0.5, 0.6) is 0 Å². The summed E-state index contributed by atoms with van der Waals surface area (Å²) in [7, 11) is 0. The van der Waals surface area contributed by atoms with Crippen molar-refractivity contribution in [2.24, 2.45) is 17.6 Å². The highest BCUT2D eigenvalue weighted by atomic mass is 14.6. The van der Waals surface area contributed by atoms with Gasteiger partial charge in [-0.2, -0.15) is 0 Å². The minimum Gasteiger partial charge on any atom is -0.328 e. The van der Waals surface area contributed by atoms with Crippen LogP contribution in [-0.2, 0) is 0 Å². The molecule has 1 aliphatic carbocycles. The van der Waals surface area contributed by atoms with Gasteiger partial charge in [-0.3, -0.25) is 0 Å². The van der Waals surface area contributed by atoms with Crippen molar-refractivity contribution < 1.29 is 0 Å². The summed E-state index contributed by atoms with van der Waals surface area (Å²) in [5.74, 6) is 1.80. The van der Waals surface area contributed by atoms with Gasteiger partial charge in [0.25, 0.3) is 0 Å². The second kappa shape index (κ2) is 3.38. The van der Waals surface area contributed by atoms with Crippen molar-refractivity contribution in [2.75, 3.05) is 0 Å². The standard InChI is InChI=1S/C9H19N/c1-7(2)5-8-3-4-9(10)6-8/h7-9H,3-6,10H2,1-2H3. The Morgan fingerprint density at radius 3 is 2.50 bits per heavy atom. The fraction of sp³-hybridized carbons (Fsp3) is 1.00.